The van der Waals surface area contributed by atoms with Gasteiger partial charge in [-0.15, -0.1) is 11.3 Å². The van der Waals surface area contributed by atoms with Gasteiger partial charge in [-0.3, -0.25) is 14.4 Å². The molecule has 7 nitrogen and oxygen atoms in total. The Morgan fingerprint density at radius 3 is 2.57 bits per heavy atom. The zero-order chi connectivity index (χ0) is 24.9. The lowest BCUT2D eigenvalue weighted by atomic mass is 9.86. The summed E-state index contributed by atoms with van der Waals surface area (Å²) in [5, 5.41) is 5.11. The SMILES string of the molecule is CCc1cccc(N(CC)C(=O)Cn2c(C(=O)NC3CCC(C(=O)OC)CC3)cc3sccc32)c1. The highest BCUT2D eigenvalue weighted by Crippen LogP contribution is 2.28. The lowest BCUT2D eigenvalue weighted by Gasteiger charge is -2.28. The van der Waals surface area contributed by atoms with Crippen molar-refractivity contribution in [1.82, 2.24) is 9.88 Å². The first-order valence-corrected chi connectivity index (χ1v) is 13.2. The fourth-order valence-corrected chi connectivity index (χ4v) is 5.73. The second-order valence-corrected chi connectivity index (χ2v) is 9.94. The van der Waals surface area contributed by atoms with Crippen LogP contribution < -0.4 is 10.2 Å². The topological polar surface area (TPSA) is 80.6 Å². The van der Waals surface area contributed by atoms with Crippen LogP contribution in [0.3, 0.4) is 0 Å². The molecule has 35 heavy (non-hydrogen) atoms. The molecular formula is C27H33N3O4S. The quantitative estimate of drug-likeness (QED) is 0.456. The number of methoxy groups -OCH3 is 1. The number of hydrogen-bond donors (Lipinski definition) is 1. The summed E-state index contributed by atoms with van der Waals surface area (Å²) in [4.78, 5) is 40.3. The van der Waals surface area contributed by atoms with E-state index in [0.717, 1.165) is 35.2 Å². The summed E-state index contributed by atoms with van der Waals surface area (Å²) in [7, 11) is 1.41. The lowest BCUT2D eigenvalue weighted by molar-refractivity contribution is -0.146. The largest absolute Gasteiger partial charge is 0.469 e. The number of thiophene rings is 1. The molecule has 0 saturated heterocycles. The third kappa shape index (κ3) is 5.42. The summed E-state index contributed by atoms with van der Waals surface area (Å²) in [5.74, 6) is -0.505. The second-order valence-electron chi connectivity index (χ2n) is 8.99. The Morgan fingerprint density at radius 1 is 1.11 bits per heavy atom. The molecule has 1 saturated carbocycles. The third-order valence-electron chi connectivity index (χ3n) is 6.89. The summed E-state index contributed by atoms with van der Waals surface area (Å²) in [6.07, 6.45) is 3.77. The van der Waals surface area contributed by atoms with Gasteiger partial charge in [-0.05, 0) is 74.2 Å². The summed E-state index contributed by atoms with van der Waals surface area (Å²) >= 11 is 1.56. The first-order chi connectivity index (χ1) is 16.9. The zero-order valence-corrected chi connectivity index (χ0v) is 21.4. The molecule has 8 heteroatoms. The maximum absolute atomic E-state index is 13.4. The molecule has 1 fully saturated rings. The molecule has 0 unspecified atom stereocenters. The third-order valence-corrected chi connectivity index (χ3v) is 7.75. The molecule has 0 bridgehead atoms. The smallest absolute Gasteiger partial charge is 0.308 e. The number of fused-ring (bicyclic) bond motifs is 1. The average molecular weight is 496 g/mol. The minimum Gasteiger partial charge on any atom is -0.469 e. The number of hydrogen-bond acceptors (Lipinski definition) is 5. The molecule has 0 spiro atoms. The number of aromatic nitrogens is 1. The van der Waals surface area contributed by atoms with E-state index in [1.807, 2.05) is 41.1 Å². The van der Waals surface area contributed by atoms with E-state index >= 15 is 0 Å². The highest BCUT2D eigenvalue weighted by atomic mass is 32.1. The standard InChI is InChI=1S/C27H33N3O4S/c1-4-18-7-6-8-21(15-18)29(5-2)25(31)17-30-22-13-14-35-24(22)16-23(30)26(32)28-20-11-9-19(10-12-20)27(33)34-3/h6-8,13-16,19-20H,4-5,9-12,17H2,1-3H3,(H,28,32). The molecule has 3 aromatic rings. The van der Waals surface area contributed by atoms with Crippen molar-refractivity contribution >= 4 is 45.0 Å². The van der Waals surface area contributed by atoms with Crippen LogP contribution in [0.2, 0.25) is 0 Å². The first kappa shape index (κ1) is 25.0. The molecule has 2 aromatic heterocycles. The molecule has 1 aromatic carbocycles. The molecule has 0 atom stereocenters. The zero-order valence-electron chi connectivity index (χ0n) is 20.6. The number of carbonyl (C=O) groups excluding carboxylic acids is 3. The highest BCUT2D eigenvalue weighted by molar-refractivity contribution is 7.17. The van der Waals surface area contributed by atoms with Gasteiger partial charge < -0.3 is 19.5 Å². The van der Waals surface area contributed by atoms with E-state index < -0.39 is 0 Å². The van der Waals surface area contributed by atoms with Crippen LogP contribution in [-0.2, 0) is 27.3 Å². The van der Waals surface area contributed by atoms with E-state index in [0.29, 0.717) is 25.1 Å². The van der Waals surface area contributed by atoms with Gasteiger partial charge in [0, 0.05) is 18.3 Å². The lowest BCUT2D eigenvalue weighted by Crippen LogP contribution is -2.40. The van der Waals surface area contributed by atoms with E-state index in [1.165, 1.54) is 12.7 Å². The van der Waals surface area contributed by atoms with Gasteiger partial charge in [0.2, 0.25) is 5.91 Å². The van der Waals surface area contributed by atoms with Gasteiger partial charge in [-0.25, -0.2) is 0 Å². The maximum atomic E-state index is 13.4. The molecular weight excluding hydrogens is 462 g/mol. The van der Waals surface area contributed by atoms with Crippen LogP contribution in [0.1, 0.15) is 55.6 Å². The molecule has 2 heterocycles. The summed E-state index contributed by atoms with van der Waals surface area (Å²) in [6.45, 7) is 4.69. The van der Waals surface area contributed by atoms with Crippen LogP contribution in [0.15, 0.2) is 41.8 Å². The summed E-state index contributed by atoms with van der Waals surface area (Å²) in [6, 6.07) is 11.9. The van der Waals surface area contributed by atoms with Gasteiger partial charge in [0.15, 0.2) is 0 Å². The van der Waals surface area contributed by atoms with E-state index in [1.54, 1.807) is 16.2 Å². The van der Waals surface area contributed by atoms with Crippen LogP contribution >= 0.6 is 11.3 Å². The average Bonchev–Trinajstić information content (AvgIpc) is 3.47. The number of nitrogens with zero attached hydrogens (tertiary/aromatic N) is 2. The molecule has 0 aliphatic heterocycles. The number of ether oxygens (including phenoxy) is 1. The monoisotopic (exact) mass is 495 g/mol. The molecule has 1 aliphatic carbocycles. The number of nitrogens with one attached hydrogen (secondary N) is 1. The number of carbonyl (C=O) groups is 3. The van der Waals surface area contributed by atoms with Crippen molar-refractivity contribution in [2.45, 2.75) is 58.5 Å². The Morgan fingerprint density at radius 2 is 1.89 bits per heavy atom. The predicted molar refractivity (Wildman–Crippen MR) is 139 cm³/mol. The molecule has 186 valence electrons. The van der Waals surface area contributed by atoms with Crippen molar-refractivity contribution < 1.29 is 19.1 Å². The Kier molecular flexibility index (Phi) is 7.90. The number of anilines is 1. The molecule has 1 N–H and O–H groups in total. The normalized spacial score (nSPS) is 17.8. The number of benzene rings is 1. The van der Waals surface area contributed by atoms with Gasteiger partial charge in [-0.1, -0.05) is 19.1 Å². The van der Waals surface area contributed by atoms with Crippen molar-refractivity contribution in [3.05, 3.63) is 53.0 Å². The van der Waals surface area contributed by atoms with E-state index in [-0.39, 0.29) is 36.3 Å². The minimum absolute atomic E-state index is 0.00409. The van der Waals surface area contributed by atoms with Gasteiger partial charge in [0.1, 0.15) is 12.2 Å². The van der Waals surface area contributed by atoms with Crippen LogP contribution in [0.4, 0.5) is 5.69 Å². The van der Waals surface area contributed by atoms with Gasteiger partial charge in [-0.2, -0.15) is 0 Å². The van der Waals surface area contributed by atoms with Gasteiger partial charge in [0.25, 0.3) is 5.91 Å². The number of amides is 2. The predicted octanol–water partition coefficient (Wildman–Crippen LogP) is 4.78. The fraction of sp³-hybridized carbons (Fsp3) is 0.444. The first-order valence-electron chi connectivity index (χ1n) is 12.3. The molecule has 0 radical (unpaired) electrons. The second kappa shape index (κ2) is 11.1. The van der Waals surface area contributed by atoms with Crippen LogP contribution in [0.5, 0.6) is 0 Å². The van der Waals surface area contributed by atoms with Crippen LogP contribution in [0.25, 0.3) is 10.2 Å². The number of aryl methyl sites for hydroxylation is 1. The van der Waals surface area contributed by atoms with E-state index in [9.17, 15) is 14.4 Å². The maximum Gasteiger partial charge on any atom is 0.308 e. The number of rotatable bonds is 8. The Bertz CT molecular complexity index is 1210. The van der Waals surface area contributed by atoms with Crippen molar-refractivity contribution in [3.63, 3.8) is 0 Å². The summed E-state index contributed by atoms with van der Waals surface area (Å²) < 4.78 is 7.67. The number of esters is 1. The van der Waals surface area contributed by atoms with Crippen LogP contribution in [-0.4, -0.2) is 42.0 Å². The Labute approximate surface area is 210 Å². The Hall–Kier alpha value is -3.13. The molecule has 2 amide bonds. The summed E-state index contributed by atoms with van der Waals surface area (Å²) in [5.41, 5.74) is 3.44. The van der Waals surface area contributed by atoms with Crippen molar-refractivity contribution in [2.75, 3.05) is 18.6 Å². The molecule has 4 rings (SSSR count). The minimum atomic E-state index is -0.182. The van der Waals surface area contributed by atoms with Crippen molar-refractivity contribution in [3.8, 4) is 0 Å². The van der Waals surface area contributed by atoms with E-state index in [4.69, 9.17) is 4.74 Å². The number of likely N-dealkylation sites (N-methyl/N-ethyl adjacent to an activating group) is 1. The van der Waals surface area contributed by atoms with E-state index in [2.05, 4.69) is 24.4 Å². The highest BCUT2D eigenvalue weighted by Gasteiger charge is 2.29. The van der Waals surface area contributed by atoms with Gasteiger partial charge >= 0.3 is 5.97 Å². The fourth-order valence-electron chi connectivity index (χ4n) is 4.90. The molecule has 1 aliphatic rings. The van der Waals surface area contributed by atoms with Crippen molar-refractivity contribution in [2.24, 2.45) is 5.92 Å². The van der Waals surface area contributed by atoms with Crippen molar-refractivity contribution in [1.29, 1.82) is 0 Å². The Balaban J connectivity index is 1.51. The van der Waals surface area contributed by atoms with Gasteiger partial charge in [0.05, 0.1) is 23.2 Å². The van der Waals surface area contributed by atoms with Crippen LogP contribution in [0, 0.1) is 5.92 Å².